The highest BCUT2D eigenvalue weighted by Gasteiger charge is 2.21. The molecule has 1 aliphatic heterocycles. The number of hydrogen-bond donors (Lipinski definition) is 1. The van der Waals surface area contributed by atoms with Crippen molar-refractivity contribution in [2.24, 2.45) is 0 Å². The SMILES string of the molecule is C=CC(=O)Nc1cccc(Oc2c(N3CCN(C)CC3)[c]ccc2CC)c1C. The van der Waals surface area contributed by atoms with Crippen LogP contribution in [0.2, 0.25) is 0 Å². The van der Waals surface area contributed by atoms with Gasteiger partial charge in [0.2, 0.25) is 5.91 Å². The van der Waals surface area contributed by atoms with Gasteiger partial charge in [-0.3, -0.25) is 4.79 Å². The first-order chi connectivity index (χ1) is 13.5. The van der Waals surface area contributed by atoms with Crippen molar-refractivity contribution in [3.8, 4) is 11.5 Å². The number of rotatable bonds is 6. The Morgan fingerprint density at radius 1 is 1.29 bits per heavy atom. The van der Waals surface area contributed by atoms with Crippen molar-refractivity contribution in [3.63, 3.8) is 0 Å². The maximum atomic E-state index is 11.7. The van der Waals surface area contributed by atoms with Crippen LogP contribution >= 0.6 is 0 Å². The van der Waals surface area contributed by atoms with Crippen LogP contribution in [-0.4, -0.2) is 44.0 Å². The molecule has 1 fully saturated rings. The summed E-state index contributed by atoms with van der Waals surface area (Å²) in [5, 5.41) is 2.84. The highest BCUT2D eigenvalue weighted by atomic mass is 16.5. The molecule has 1 heterocycles. The molecule has 28 heavy (non-hydrogen) atoms. The number of hydrogen-bond acceptors (Lipinski definition) is 4. The summed E-state index contributed by atoms with van der Waals surface area (Å²) in [6.07, 6.45) is 2.14. The molecule has 3 rings (SSSR count). The van der Waals surface area contributed by atoms with Gasteiger partial charge in [0.1, 0.15) is 5.75 Å². The summed E-state index contributed by atoms with van der Waals surface area (Å²) in [4.78, 5) is 16.4. The number of ether oxygens (including phenoxy) is 1. The molecular formula is C23H28N3O2. The lowest BCUT2D eigenvalue weighted by Gasteiger charge is -2.35. The first kappa shape index (κ1) is 20.0. The fourth-order valence-electron chi connectivity index (χ4n) is 3.33. The van der Waals surface area contributed by atoms with E-state index in [4.69, 9.17) is 4.74 Å². The van der Waals surface area contributed by atoms with E-state index in [2.05, 4.69) is 47.8 Å². The number of anilines is 2. The smallest absolute Gasteiger partial charge is 0.247 e. The third-order valence-corrected chi connectivity index (χ3v) is 5.15. The van der Waals surface area contributed by atoms with E-state index in [0.717, 1.165) is 66.6 Å². The van der Waals surface area contributed by atoms with Crippen molar-refractivity contribution >= 4 is 17.3 Å². The average Bonchev–Trinajstić information content (AvgIpc) is 2.71. The second-order valence-electron chi connectivity index (χ2n) is 7.05. The van der Waals surface area contributed by atoms with Crippen molar-refractivity contribution in [2.45, 2.75) is 20.3 Å². The first-order valence-corrected chi connectivity index (χ1v) is 9.71. The molecule has 0 spiro atoms. The van der Waals surface area contributed by atoms with E-state index < -0.39 is 0 Å². The summed E-state index contributed by atoms with van der Waals surface area (Å²) in [6.45, 7) is 11.5. The molecular weight excluding hydrogens is 350 g/mol. The Morgan fingerprint density at radius 2 is 2.04 bits per heavy atom. The number of benzene rings is 2. The minimum Gasteiger partial charge on any atom is -0.455 e. The van der Waals surface area contributed by atoms with Crippen LogP contribution in [0.3, 0.4) is 0 Å². The molecule has 2 aromatic carbocycles. The lowest BCUT2D eigenvalue weighted by atomic mass is 10.1. The predicted octanol–water partition coefficient (Wildman–Crippen LogP) is 4.03. The Morgan fingerprint density at radius 3 is 2.71 bits per heavy atom. The number of piperazine rings is 1. The zero-order valence-electron chi connectivity index (χ0n) is 16.9. The summed E-state index contributed by atoms with van der Waals surface area (Å²) >= 11 is 0. The van der Waals surface area contributed by atoms with Gasteiger partial charge in [0, 0.05) is 43.5 Å². The van der Waals surface area contributed by atoms with E-state index in [-0.39, 0.29) is 5.91 Å². The Bertz CT molecular complexity index is 855. The standard InChI is InChI=1S/C23H28N3O2/c1-5-18-9-7-11-20(26-15-13-25(4)14-16-26)23(18)28-21-12-8-10-19(17(21)3)24-22(27)6-2/h6-10,12H,2,5,13-16H2,1,3-4H3,(H,24,27). The van der Waals surface area contributed by atoms with Crippen LogP contribution in [0, 0.1) is 13.0 Å². The summed E-state index contributed by atoms with van der Waals surface area (Å²) in [5.74, 6) is 1.34. The third kappa shape index (κ3) is 4.37. The summed E-state index contributed by atoms with van der Waals surface area (Å²) in [7, 11) is 2.15. The molecule has 0 saturated carbocycles. The van der Waals surface area contributed by atoms with Crippen LogP contribution in [0.5, 0.6) is 11.5 Å². The first-order valence-electron chi connectivity index (χ1n) is 9.71. The Kier molecular flexibility index (Phi) is 6.37. The molecule has 5 heteroatoms. The molecule has 1 saturated heterocycles. The van der Waals surface area contributed by atoms with Crippen molar-refractivity contribution < 1.29 is 9.53 Å². The van der Waals surface area contributed by atoms with Crippen LogP contribution in [-0.2, 0) is 11.2 Å². The third-order valence-electron chi connectivity index (χ3n) is 5.15. The fourth-order valence-corrected chi connectivity index (χ4v) is 3.33. The molecule has 2 aromatic rings. The number of aryl methyl sites for hydroxylation is 1. The summed E-state index contributed by atoms with van der Waals surface area (Å²) in [6, 6.07) is 13.1. The highest BCUT2D eigenvalue weighted by Crippen LogP contribution is 2.38. The van der Waals surface area contributed by atoms with Gasteiger partial charge in [-0.05, 0) is 44.2 Å². The summed E-state index contributed by atoms with van der Waals surface area (Å²) in [5.41, 5.74) is 3.76. The van der Waals surface area contributed by atoms with Gasteiger partial charge in [-0.1, -0.05) is 31.7 Å². The molecule has 0 aliphatic carbocycles. The van der Waals surface area contributed by atoms with Crippen LogP contribution in [0.15, 0.2) is 43.0 Å². The topological polar surface area (TPSA) is 44.8 Å². The van der Waals surface area contributed by atoms with E-state index in [1.54, 1.807) is 0 Å². The monoisotopic (exact) mass is 378 g/mol. The van der Waals surface area contributed by atoms with Crippen LogP contribution in [0.4, 0.5) is 11.4 Å². The average molecular weight is 378 g/mol. The van der Waals surface area contributed by atoms with Crippen molar-refractivity contribution in [1.29, 1.82) is 0 Å². The Balaban J connectivity index is 1.95. The Hall–Kier alpha value is -2.79. The van der Waals surface area contributed by atoms with Crippen LogP contribution in [0.1, 0.15) is 18.1 Å². The maximum absolute atomic E-state index is 11.7. The van der Waals surface area contributed by atoms with E-state index in [9.17, 15) is 4.79 Å². The minimum absolute atomic E-state index is 0.235. The maximum Gasteiger partial charge on any atom is 0.247 e. The molecule has 0 bridgehead atoms. The fraction of sp³-hybridized carbons (Fsp3) is 0.348. The molecule has 1 N–H and O–H groups in total. The van der Waals surface area contributed by atoms with Gasteiger partial charge in [0.15, 0.2) is 5.75 Å². The van der Waals surface area contributed by atoms with Crippen LogP contribution in [0.25, 0.3) is 0 Å². The van der Waals surface area contributed by atoms with Gasteiger partial charge >= 0.3 is 0 Å². The van der Waals surface area contributed by atoms with Gasteiger partial charge in [0.25, 0.3) is 0 Å². The highest BCUT2D eigenvalue weighted by molar-refractivity contribution is 5.99. The number of nitrogens with zero attached hydrogens (tertiary/aromatic N) is 2. The lowest BCUT2D eigenvalue weighted by molar-refractivity contribution is -0.111. The zero-order valence-corrected chi connectivity index (χ0v) is 16.9. The molecule has 1 amide bonds. The minimum atomic E-state index is -0.235. The number of likely N-dealkylation sites (N-methyl/N-ethyl adjacent to an activating group) is 1. The molecule has 0 aromatic heterocycles. The second kappa shape index (κ2) is 8.93. The molecule has 5 nitrogen and oxygen atoms in total. The molecule has 1 radical (unpaired) electrons. The van der Waals surface area contributed by atoms with Gasteiger partial charge in [-0.15, -0.1) is 0 Å². The normalized spacial score (nSPS) is 14.6. The van der Waals surface area contributed by atoms with E-state index in [1.807, 2.05) is 31.2 Å². The van der Waals surface area contributed by atoms with E-state index in [1.165, 1.54) is 6.08 Å². The molecule has 0 atom stereocenters. The number of carbonyl (C=O) groups is 1. The number of nitrogens with one attached hydrogen (secondary N) is 1. The zero-order chi connectivity index (χ0) is 20.1. The van der Waals surface area contributed by atoms with Crippen molar-refractivity contribution in [1.82, 2.24) is 4.90 Å². The number of carbonyl (C=O) groups excluding carboxylic acids is 1. The predicted molar refractivity (Wildman–Crippen MR) is 114 cm³/mol. The number of amides is 1. The van der Waals surface area contributed by atoms with Gasteiger partial charge in [-0.2, -0.15) is 0 Å². The van der Waals surface area contributed by atoms with Gasteiger partial charge in [-0.25, -0.2) is 0 Å². The molecule has 147 valence electrons. The van der Waals surface area contributed by atoms with Gasteiger partial charge < -0.3 is 19.9 Å². The van der Waals surface area contributed by atoms with Crippen LogP contribution < -0.4 is 15.0 Å². The molecule has 1 aliphatic rings. The molecule has 0 unspecified atom stereocenters. The summed E-state index contributed by atoms with van der Waals surface area (Å²) < 4.78 is 6.43. The Labute approximate surface area is 167 Å². The largest absolute Gasteiger partial charge is 0.455 e. The second-order valence-corrected chi connectivity index (χ2v) is 7.05. The van der Waals surface area contributed by atoms with E-state index >= 15 is 0 Å². The quantitative estimate of drug-likeness (QED) is 0.771. The lowest BCUT2D eigenvalue weighted by Crippen LogP contribution is -2.44. The van der Waals surface area contributed by atoms with Crippen molar-refractivity contribution in [2.75, 3.05) is 43.4 Å². The van der Waals surface area contributed by atoms with Crippen molar-refractivity contribution in [3.05, 3.63) is 60.2 Å². The van der Waals surface area contributed by atoms with E-state index in [0.29, 0.717) is 0 Å². The van der Waals surface area contributed by atoms with Gasteiger partial charge in [0.05, 0.1) is 5.69 Å².